The molecular weight excluding hydrogens is 282 g/mol. The maximum absolute atomic E-state index is 4.08. The maximum Gasteiger partial charge on any atom is 0.0528 e. The van der Waals surface area contributed by atoms with Crippen molar-refractivity contribution >= 4 is 23.2 Å². The molecule has 1 aliphatic heterocycles. The molecule has 0 saturated carbocycles. The minimum Gasteiger partial charge on any atom is -0.320 e. The molecule has 23 heavy (non-hydrogen) atoms. The quantitative estimate of drug-likeness (QED) is 0.714. The van der Waals surface area contributed by atoms with Crippen LogP contribution in [0, 0.1) is 6.92 Å². The first-order valence-electron chi connectivity index (χ1n) is 8.11. The molecule has 1 aromatic carbocycles. The summed E-state index contributed by atoms with van der Waals surface area (Å²) in [5.74, 6) is 0. The Bertz CT molecular complexity index is 875. The second-order valence-corrected chi connectivity index (χ2v) is 6.40. The first kappa shape index (κ1) is 14.2. The van der Waals surface area contributed by atoms with Crippen LogP contribution in [0.15, 0.2) is 42.7 Å². The van der Waals surface area contributed by atoms with E-state index in [9.17, 15) is 0 Å². The molecule has 3 heteroatoms. The van der Waals surface area contributed by atoms with E-state index in [4.69, 9.17) is 0 Å². The van der Waals surface area contributed by atoms with E-state index in [-0.39, 0.29) is 0 Å². The van der Waals surface area contributed by atoms with Crippen LogP contribution >= 0.6 is 0 Å². The smallest absolute Gasteiger partial charge is 0.0528 e. The second-order valence-electron chi connectivity index (χ2n) is 6.40. The highest BCUT2D eigenvalue weighted by Gasteiger charge is 2.21. The van der Waals surface area contributed by atoms with Crippen molar-refractivity contribution in [1.82, 2.24) is 14.5 Å². The van der Waals surface area contributed by atoms with Gasteiger partial charge in [-0.1, -0.05) is 11.6 Å². The number of fused-ring (bicyclic) bond motifs is 3. The highest BCUT2D eigenvalue weighted by atomic mass is 15.1. The number of aryl methyl sites for hydroxylation is 1. The van der Waals surface area contributed by atoms with E-state index < -0.39 is 0 Å². The van der Waals surface area contributed by atoms with E-state index in [1.807, 2.05) is 24.5 Å². The van der Waals surface area contributed by atoms with Crippen LogP contribution in [0.25, 0.3) is 23.2 Å². The molecule has 0 atom stereocenters. The summed E-state index contributed by atoms with van der Waals surface area (Å²) in [5.41, 5.74) is 6.74. The predicted molar refractivity (Wildman–Crippen MR) is 96.2 cm³/mol. The van der Waals surface area contributed by atoms with Crippen molar-refractivity contribution in [2.45, 2.75) is 19.9 Å². The van der Waals surface area contributed by atoms with Gasteiger partial charge in [-0.25, -0.2) is 0 Å². The fraction of sp³-hybridized carbons (Fsp3) is 0.250. The average Bonchev–Trinajstić information content (AvgIpc) is 2.86. The van der Waals surface area contributed by atoms with Crippen molar-refractivity contribution in [3.05, 3.63) is 65.1 Å². The van der Waals surface area contributed by atoms with Crippen LogP contribution in [-0.4, -0.2) is 28.0 Å². The van der Waals surface area contributed by atoms with Crippen molar-refractivity contribution in [3.8, 4) is 0 Å². The fourth-order valence-corrected chi connectivity index (χ4v) is 3.45. The zero-order valence-corrected chi connectivity index (χ0v) is 13.7. The molecule has 0 fully saturated rings. The normalized spacial score (nSPS) is 15.4. The van der Waals surface area contributed by atoms with Gasteiger partial charge in [0.05, 0.1) is 5.52 Å². The summed E-state index contributed by atoms with van der Waals surface area (Å²) in [6, 6.07) is 10.8. The summed E-state index contributed by atoms with van der Waals surface area (Å²) in [6.07, 6.45) is 9.14. The lowest BCUT2D eigenvalue weighted by atomic mass is 10.0. The number of likely N-dealkylation sites (N-methyl/N-ethyl adjacent to an activating group) is 1. The Balaban J connectivity index is 1.87. The predicted octanol–water partition coefficient (Wildman–Crippen LogP) is 3.96. The molecule has 0 aliphatic carbocycles. The molecule has 0 spiro atoms. The standard InChI is InChI=1S/C20H21N3/c1-15-3-4-19-17(13-15)18-14-22(2)11-8-20(18)23(19)12-7-16-5-9-21-10-6-16/h3-7,9-10,12-13H,8,11,14H2,1-2H3. The van der Waals surface area contributed by atoms with Crippen molar-refractivity contribution in [3.63, 3.8) is 0 Å². The lowest BCUT2D eigenvalue weighted by molar-refractivity contribution is 0.312. The third-order valence-electron chi connectivity index (χ3n) is 4.66. The molecule has 0 amide bonds. The van der Waals surface area contributed by atoms with E-state index in [1.165, 1.54) is 33.3 Å². The van der Waals surface area contributed by atoms with E-state index in [0.717, 1.165) is 19.5 Å². The summed E-state index contributed by atoms with van der Waals surface area (Å²) in [7, 11) is 2.20. The highest BCUT2D eigenvalue weighted by Crippen LogP contribution is 2.31. The van der Waals surface area contributed by atoms with Crippen molar-refractivity contribution in [2.24, 2.45) is 0 Å². The maximum atomic E-state index is 4.08. The molecule has 2 aromatic heterocycles. The Hall–Kier alpha value is -2.39. The Morgan fingerprint density at radius 1 is 1.13 bits per heavy atom. The van der Waals surface area contributed by atoms with Crippen LogP contribution < -0.4 is 0 Å². The molecule has 0 radical (unpaired) electrons. The summed E-state index contributed by atoms with van der Waals surface area (Å²) in [6.45, 7) is 4.32. The van der Waals surface area contributed by atoms with E-state index in [1.54, 1.807) is 0 Å². The molecule has 4 rings (SSSR count). The number of hydrogen-bond donors (Lipinski definition) is 0. The van der Waals surface area contributed by atoms with Gasteiger partial charge in [-0.2, -0.15) is 0 Å². The zero-order chi connectivity index (χ0) is 15.8. The number of pyridine rings is 1. The Kier molecular flexibility index (Phi) is 3.50. The van der Waals surface area contributed by atoms with Crippen molar-refractivity contribution in [1.29, 1.82) is 0 Å². The molecule has 3 nitrogen and oxygen atoms in total. The lowest BCUT2D eigenvalue weighted by Gasteiger charge is -2.23. The summed E-state index contributed by atoms with van der Waals surface area (Å²) >= 11 is 0. The first-order chi connectivity index (χ1) is 11.2. The monoisotopic (exact) mass is 303 g/mol. The number of rotatable bonds is 2. The number of benzene rings is 1. The molecule has 0 N–H and O–H groups in total. The zero-order valence-electron chi connectivity index (χ0n) is 13.7. The van der Waals surface area contributed by atoms with Gasteiger partial charge in [0.25, 0.3) is 0 Å². The summed E-state index contributed by atoms with van der Waals surface area (Å²) in [4.78, 5) is 6.49. The minimum absolute atomic E-state index is 1.03. The first-order valence-corrected chi connectivity index (χ1v) is 8.11. The molecule has 116 valence electrons. The lowest BCUT2D eigenvalue weighted by Crippen LogP contribution is -2.26. The van der Waals surface area contributed by atoms with Crippen LogP contribution in [0.2, 0.25) is 0 Å². The van der Waals surface area contributed by atoms with Crippen LogP contribution in [0.3, 0.4) is 0 Å². The Labute approximate surface area is 136 Å². The minimum atomic E-state index is 1.03. The summed E-state index contributed by atoms with van der Waals surface area (Å²) in [5, 5.41) is 1.39. The number of hydrogen-bond acceptors (Lipinski definition) is 2. The largest absolute Gasteiger partial charge is 0.320 e. The van der Waals surface area contributed by atoms with Gasteiger partial charge < -0.3 is 9.47 Å². The van der Waals surface area contributed by atoms with E-state index in [0.29, 0.717) is 0 Å². The van der Waals surface area contributed by atoms with Gasteiger partial charge in [0.1, 0.15) is 0 Å². The second kappa shape index (κ2) is 5.67. The fourth-order valence-electron chi connectivity index (χ4n) is 3.45. The topological polar surface area (TPSA) is 21.1 Å². The molecule has 3 aromatic rings. The van der Waals surface area contributed by atoms with Crippen molar-refractivity contribution in [2.75, 3.05) is 13.6 Å². The molecule has 3 heterocycles. The SMILES string of the molecule is Cc1ccc2c(c1)c1c(n2C=Cc2ccncc2)CCN(C)C1. The van der Waals surface area contributed by atoms with Crippen LogP contribution in [0.5, 0.6) is 0 Å². The number of aromatic nitrogens is 2. The Morgan fingerprint density at radius 2 is 1.96 bits per heavy atom. The van der Waals surface area contributed by atoms with E-state index in [2.05, 4.69) is 58.9 Å². The van der Waals surface area contributed by atoms with Gasteiger partial charge in [-0.15, -0.1) is 0 Å². The van der Waals surface area contributed by atoms with Gasteiger partial charge in [0.15, 0.2) is 0 Å². The van der Waals surface area contributed by atoms with Crippen molar-refractivity contribution < 1.29 is 0 Å². The third-order valence-corrected chi connectivity index (χ3v) is 4.66. The van der Waals surface area contributed by atoms with Crippen LogP contribution in [0.4, 0.5) is 0 Å². The van der Waals surface area contributed by atoms with Gasteiger partial charge in [0, 0.05) is 49.2 Å². The van der Waals surface area contributed by atoms with Gasteiger partial charge in [-0.3, -0.25) is 4.98 Å². The van der Waals surface area contributed by atoms with E-state index >= 15 is 0 Å². The third kappa shape index (κ3) is 2.57. The molecular formula is C20H21N3. The van der Waals surface area contributed by atoms with Gasteiger partial charge in [-0.05, 0) is 55.4 Å². The Morgan fingerprint density at radius 3 is 2.78 bits per heavy atom. The average molecular weight is 303 g/mol. The highest BCUT2D eigenvalue weighted by molar-refractivity contribution is 5.89. The number of nitrogens with zero attached hydrogens (tertiary/aromatic N) is 3. The van der Waals surface area contributed by atoms with Crippen LogP contribution in [-0.2, 0) is 13.0 Å². The van der Waals surface area contributed by atoms with Crippen LogP contribution in [0.1, 0.15) is 22.4 Å². The molecule has 1 aliphatic rings. The van der Waals surface area contributed by atoms with Gasteiger partial charge >= 0.3 is 0 Å². The molecule has 0 unspecified atom stereocenters. The molecule has 0 bridgehead atoms. The molecule has 0 saturated heterocycles. The summed E-state index contributed by atoms with van der Waals surface area (Å²) < 4.78 is 2.37. The van der Waals surface area contributed by atoms with Gasteiger partial charge in [0.2, 0.25) is 0 Å².